The number of rotatable bonds is 2. The summed E-state index contributed by atoms with van der Waals surface area (Å²) in [7, 11) is 0. The molecule has 3 rings (SSSR count). The zero-order chi connectivity index (χ0) is 19.4. The van der Waals surface area contributed by atoms with E-state index in [9.17, 15) is 9.90 Å². The van der Waals surface area contributed by atoms with Crippen molar-refractivity contribution >= 4 is 22.2 Å². The summed E-state index contributed by atoms with van der Waals surface area (Å²) in [5.41, 5.74) is 2.02. The van der Waals surface area contributed by atoms with E-state index in [2.05, 4.69) is 25.9 Å². The van der Waals surface area contributed by atoms with Gasteiger partial charge >= 0.3 is 17.1 Å². The van der Waals surface area contributed by atoms with Crippen LogP contribution in [0.4, 0.5) is 0 Å². The Balaban J connectivity index is 0.000000412. The van der Waals surface area contributed by atoms with Crippen molar-refractivity contribution in [3.63, 3.8) is 0 Å². The number of hydrogen-bond donors (Lipinski definition) is 0. The van der Waals surface area contributed by atoms with E-state index in [4.69, 9.17) is 15.3 Å². The topological polar surface area (TPSA) is 132 Å². The molecule has 2 aromatic heterocycles. The monoisotopic (exact) mass is 480 g/mol. The number of nitrogens with zero attached hydrogens (tertiary/aromatic N) is 3. The van der Waals surface area contributed by atoms with Crippen LogP contribution in [0.1, 0.15) is 10.4 Å². The molecule has 0 amide bonds. The van der Waals surface area contributed by atoms with Gasteiger partial charge in [-0.15, -0.1) is 0 Å². The summed E-state index contributed by atoms with van der Waals surface area (Å²) in [6, 6.07) is 16.1. The third kappa shape index (κ3) is 10.0. The van der Waals surface area contributed by atoms with Gasteiger partial charge in [0.1, 0.15) is 6.29 Å². The van der Waals surface area contributed by atoms with Crippen LogP contribution in [0.5, 0.6) is 5.75 Å². The number of benzene rings is 1. The number of carbonyl (C=O) groups excluding carboxylic acids is 1. The normalized spacial score (nSPS) is 8.63. The molecule has 0 fully saturated rings. The predicted molar refractivity (Wildman–Crippen MR) is 96.8 cm³/mol. The second-order valence-corrected chi connectivity index (χ2v) is 5.37. The van der Waals surface area contributed by atoms with Gasteiger partial charge in [0.25, 0.3) is 0 Å². The Morgan fingerprint density at radius 3 is 1.74 bits per heavy atom. The molecule has 0 bridgehead atoms. The maximum absolute atomic E-state index is 10.8. The summed E-state index contributed by atoms with van der Waals surface area (Å²) >= 11 is 3.14. The van der Waals surface area contributed by atoms with Crippen molar-refractivity contribution in [1.29, 1.82) is 0 Å². The van der Waals surface area contributed by atoms with Crippen LogP contribution in [-0.4, -0.2) is 21.3 Å². The van der Waals surface area contributed by atoms with Gasteiger partial charge in [-0.05, 0) is 36.4 Å². The summed E-state index contributed by atoms with van der Waals surface area (Å²) < 4.78 is 0.745. The first-order valence-corrected chi connectivity index (χ1v) is 7.79. The largest absolute Gasteiger partial charge is 2.00 e. The molecule has 1 radical (unpaired) electrons. The van der Waals surface area contributed by atoms with Crippen molar-refractivity contribution in [3.05, 3.63) is 92.3 Å². The first kappa shape index (κ1) is 24.2. The molecule has 0 atom stereocenters. The maximum Gasteiger partial charge on any atom is 2.00 e. The Labute approximate surface area is 173 Å². The minimum absolute atomic E-state index is 0. The smallest absolute Gasteiger partial charge is 0.872 e. The number of carbonyl (C=O) groups is 1. The summed E-state index contributed by atoms with van der Waals surface area (Å²) in [5, 5.41) is 25.5. The second kappa shape index (κ2) is 13.4. The Morgan fingerprint density at radius 2 is 1.41 bits per heavy atom. The fourth-order valence-corrected chi connectivity index (χ4v) is 2.02. The van der Waals surface area contributed by atoms with Crippen LogP contribution in [0.15, 0.2) is 71.5 Å². The third-order valence-electron chi connectivity index (χ3n) is 2.69. The van der Waals surface area contributed by atoms with Gasteiger partial charge in [0.2, 0.25) is 0 Å². The van der Waals surface area contributed by atoms with E-state index in [0.717, 1.165) is 15.9 Å². The van der Waals surface area contributed by atoms with Gasteiger partial charge in [0.05, 0.1) is 16.5 Å². The van der Waals surface area contributed by atoms with E-state index in [0.29, 0.717) is 6.29 Å². The van der Waals surface area contributed by atoms with E-state index in [1.165, 1.54) is 12.1 Å². The van der Waals surface area contributed by atoms with Gasteiger partial charge in [0, 0.05) is 22.4 Å². The van der Waals surface area contributed by atoms with Gasteiger partial charge in [-0.3, -0.25) is 14.8 Å². The van der Waals surface area contributed by atoms with Crippen LogP contribution >= 0.6 is 15.9 Å². The van der Waals surface area contributed by atoms with Crippen molar-refractivity contribution < 1.29 is 32.1 Å². The Hall–Kier alpha value is -2.81. The van der Waals surface area contributed by atoms with Gasteiger partial charge in [-0.1, -0.05) is 39.9 Å². The van der Waals surface area contributed by atoms with Crippen LogP contribution < -0.4 is 5.11 Å². The molecule has 27 heavy (non-hydrogen) atoms. The Morgan fingerprint density at radius 1 is 0.926 bits per heavy atom. The molecule has 0 N–H and O–H groups in total. The molecule has 10 heteroatoms. The van der Waals surface area contributed by atoms with Crippen molar-refractivity contribution in [1.82, 2.24) is 9.97 Å². The molecule has 1 aromatic carbocycles. The molecule has 3 aromatic rings. The molecule has 0 aliphatic carbocycles. The number of aromatic nitrogens is 2. The average Bonchev–Trinajstić information content (AvgIpc) is 2.65. The fraction of sp³-hybridized carbons (Fsp3) is 0. The fourth-order valence-electron chi connectivity index (χ4n) is 1.64. The van der Waals surface area contributed by atoms with Crippen molar-refractivity contribution in [3.8, 4) is 17.1 Å². The first-order chi connectivity index (χ1) is 12.4. The van der Waals surface area contributed by atoms with E-state index in [-0.39, 0.29) is 28.4 Å². The number of hydrogen-bond acceptors (Lipinski definition) is 7. The van der Waals surface area contributed by atoms with E-state index >= 15 is 0 Å². The third-order valence-corrected chi connectivity index (χ3v) is 3.18. The molecule has 2 heterocycles. The molecule has 0 unspecified atom stereocenters. The Kier molecular flexibility index (Phi) is 12.0. The molecule has 0 spiro atoms. The van der Waals surface area contributed by atoms with E-state index in [1.807, 2.05) is 36.4 Å². The molecular formula is C17H12BrCuN3O5. The molecular weight excluding hydrogens is 470 g/mol. The van der Waals surface area contributed by atoms with Gasteiger partial charge in [-0.25, -0.2) is 0 Å². The zero-order valence-corrected chi connectivity index (χ0v) is 16.0. The predicted octanol–water partition coefficient (Wildman–Crippen LogP) is 3.24. The number of aldehydes is 1. The maximum atomic E-state index is 10.8. The van der Waals surface area contributed by atoms with Crippen LogP contribution in [0, 0.1) is 15.3 Å². The number of pyridine rings is 2. The van der Waals surface area contributed by atoms with Crippen molar-refractivity contribution in [2.75, 3.05) is 0 Å². The molecule has 0 aliphatic heterocycles. The molecule has 8 nitrogen and oxygen atoms in total. The molecule has 0 saturated carbocycles. The molecule has 0 aliphatic rings. The minimum Gasteiger partial charge on any atom is -0.872 e. The van der Waals surface area contributed by atoms with Crippen molar-refractivity contribution in [2.24, 2.45) is 0 Å². The van der Waals surface area contributed by atoms with E-state index in [1.54, 1.807) is 18.5 Å². The Bertz CT molecular complexity index is 797. The molecule has 0 saturated heterocycles. The summed E-state index contributed by atoms with van der Waals surface area (Å²) in [5.74, 6) is -0.238. The SMILES string of the molecule is O=Cc1cc(Br)ccc1[O-].O=[N+]([O-])[O-].[Cu+2].c1ccc(-c2ccccn2)nc1. The summed E-state index contributed by atoms with van der Waals surface area (Å²) in [6.45, 7) is 0. The van der Waals surface area contributed by atoms with Gasteiger partial charge in [0.15, 0.2) is 0 Å². The van der Waals surface area contributed by atoms with Crippen LogP contribution in [0.25, 0.3) is 11.4 Å². The van der Waals surface area contributed by atoms with Crippen molar-refractivity contribution in [2.45, 2.75) is 0 Å². The average molecular weight is 482 g/mol. The van der Waals surface area contributed by atoms with Crippen LogP contribution in [0.2, 0.25) is 0 Å². The van der Waals surface area contributed by atoms with Crippen LogP contribution in [-0.2, 0) is 17.1 Å². The molecule has 143 valence electrons. The van der Waals surface area contributed by atoms with Crippen LogP contribution in [0.3, 0.4) is 0 Å². The van der Waals surface area contributed by atoms with Gasteiger partial charge < -0.3 is 20.4 Å². The summed E-state index contributed by atoms with van der Waals surface area (Å²) in [6.07, 6.45) is 4.08. The second-order valence-electron chi connectivity index (χ2n) is 4.45. The van der Waals surface area contributed by atoms with E-state index < -0.39 is 5.09 Å². The standard InChI is InChI=1S/C10H8N2.C7H5BrO2.Cu.NO3/c1-3-7-11-9(5-1)10-6-2-4-8-12-10;8-6-1-2-7(10)5(3-6)4-9;;2-1(3)4/h1-8H;1-4,10H;;/q;;+2;-1/p-1. The minimum atomic E-state index is -1.75. The summed E-state index contributed by atoms with van der Waals surface area (Å²) in [4.78, 5) is 26.8. The quantitative estimate of drug-likeness (QED) is 0.237. The number of halogens is 1. The first-order valence-electron chi connectivity index (χ1n) is 6.99. The zero-order valence-electron chi connectivity index (χ0n) is 13.5. The van der Waals surface area contributed by atoms with Gasteiger partial charge in [-0.2, -0.15) is 0 Å².